The number of nitrogens with zero attached hydrogens (tertiary/aromatic N) is 3. The number of carbonyl (C=O) groups is 1. The Morgan fingerprint density at radius 1 is 1.30 bits per heavy atom. The van der Waals surface area contributed by atoms with Crippen molar-refractivity contribution in [1.82, 2.24) is 14.8 Å². The van der Waals surface area contributed by atoms with Crippen molar-refractivity contribution >= 4 is 23.7 Å². The monoisotopic (exact) mass is 328 g/mol. The Bertz CT molecular complexity index is 692. The fourth-order valence-corrected chi connectivity index (χ4v) is 3.13. The molecule has 0 radical (unpaired) electrons. The van der Waals surface area contributed by atoms with E-state index in [1.165, 1.54) is 5.56 Å². The number of hydrogen-bond acceptors (Lipinski definition) is 4. The second-order valence-electron chi connectivity index (χ2n) is 5.61. The molecule has 0 aliphatic heterocycles. The molecule has 6 heteroatoms. The third kappa shape index (κ3) is 4.45. The van der Waals surface area contributed by atoms with E-state index in [2.05, 4.69) is 39.0 Å². The maximum atomic E-state index is 11.1. The smallest absolute Gasteiger partial charge is 0.219 e. The number of benzene rings is 1. The Labute approximate surface area is 140 Å². The molecule has 1 aliphatic rings. The predicted molar refractivity (Wildman–Crippen MR) is 92.0 cm³/mol. The van der Waals surface area contributed by atoms with E-state index >= 15 is 0 Å². The highest BCUT2D eigenvalue weighted by atomic mass is 32.2. The molecule has 2 aromatic rings. The molecular formula is C17H20N4OS. The second-order valence-corrected chi connectivity index (χ2v) is 6.59. The lowest BCUT2D eigenvalue weighted by molar-refractivity contribution is -0.118. The molecule has 120 valence electrons. The van der Waals surface area contributed by atoms with Crippen molar-refractivity contribution in [2.24, 2.45) is 5.73 Å². The normalized spacial score (nSPS) is 14.4. The van der Waals surface area contributed by atoms with Crippen LogP contribution < -0.4 is 5.73 Å². The van der Waals surface area contributed by atoms with Crippen molar-refractivity contribution < 1.29 is 4.79 Å². The van der Waals surface area contributed by atoms with Crippen LogP contribution in [0.5, 0.6) is 0 Å². The van der Waals surface area contributed by atoms with E-state index < -0.39 is 0 Å². The molecule has 2 N–H and O–H groups in total. The summed E-state index contributed by atoms with van der Waals surface area (Å²) in [4.78, 5) is 11.1. The van der Waals surface area contributed by atoms with Crippen LogP contribution in [0.2, 0.25) is 0 Å². The lowest BCUT2D eigenvalue weighted by Crippen LogP contribution is -2.15. The highest BCUT2D eigenvalue weighted by Crippen LogP contribution is 2.40. The van der Waals surface area contributed by atoms with Crippen LogP contribution in [0.3, 0.4) is 0 Å². The van der Waals surface area contributed by atoms with Crippen LogP contribution in [-0.4, -0.2) is 26.4 Å². The number of amides is 1. The fraction of sp³-hybridized carbons (Fsp3) is 0.353. The van der Waals surface area contributed by atoms with Crippen LogP contribution in [0.1, 0.15) is 36.6 Å². The summed E-state index contributed by atoms with van der Waals surface area (Å²) in [5, 5.41) is 9.47. The van der Waals surface area contributed by atoms with Crippen molar-refractivity contribution in [3.8, 4) is 0 Å². The standard InChI is InChI=1S/C17H20N4OS/c18-15(22)10-11-21-16(14-8-9-14)19-20-17(21)23-12-4-7-13-5-2-1-3-6-13/h1-7,14H,8-12H2,(H2,18,22)/b7-4+. The molecular weight excluding hydrogens is 308 g/mol. The van der Waals surface area contributed by atoms with Crippen LogP contribution in [0.15, 0.2) is 41.6 Å². The summed E-state index contributed by atoms with van der Waals surface area (Å²) in [5.41, 5.74) is 6.46. The highest BCUT2D eigenvalue weighted by Gasteiger charge is 2.30. The van der Waals surface area contributed by atoms with Gasteiger partial charge in [0, 0.05) is 24.6 Å². The van der Waals surface area contributed by atoms with Gasteiger partial charge in [-0.2, -0.15) is 0 Å². The molecule has 1 aromatic heterocycles. The van der Waals surface area contributed by atoms with E-state index in [9.17, 15) is 4.79 Å². The summed E-state index contributed by atoms with van der Waals surface area (Å²) >= 11 is 1.63. The molecule has 1 aliphatic carbocycles. The molecule has 0 bridgehead atoms. The summed E-state index contributed by atoms with van der Waals surface area (Å²) in [6, 6.07) is 10.2. The Morgan fingerprint density at radius 2 is 2.09 bits per heavy atom. The van der Waals surface area contributed by atoms with Gasteiger partial charge in [0.2, 0.25) is 5.91 Å². The van der Waals surface area contributed by atoms with Crippen LogP contribution >= 0.6 is 11.8 Å². The van der Waals surface area contributed by atoms with Crippen molar-refractivity contribution in [1.29, 1.82) is 0 Å². The second kappa shape index (κ2) is 7.46. The summed E-state index contributed by atoms with van der Waals surface area (Å²) < 4.78 is 2.06. The summed E-state index contributed by atoms with van der Waals surface area (Å²) in [5.74, 6) is 2.03. The third-order valence-corrected chi connectivity index (χ3v) is 4.61. The van der Waals surface area contributed by atoms with Gasteiger partial charge < -0.3 is 10.3 Å². The van der Waals surface area contributed by atoms with Crippen molar-refractivity contribution in [3.05, 3.63) is 47.8 Å². The molecule has 23 heavy (non-hydrogen) atoms. The molecule has 1 aromatic carbocycles. The molecule has 1 heterocycles. The maximum absolute atomic E-state index is 11.1. The van der Waals surface area contributed by atoms with E-state index in [1.807, 2.05) is 18.2 Å². The molecule has 0 unspecified atom stereocenters. The van der Waals surface area contributed by atoms with Gasteiger partial charge in [-0.05, 0) is 18.4 Å². The van der Waals surface area contributed by atoms with E-state index in [0.29, 0.717) is 18.9 Å². The van der Waals surface area contributed by atoms with Gasteiger partial charge in [-0.3, -0.25) is 4.79 Å². The van der Waals surface area contributed by atoms with E-state index in [4.69, 9.17) is 5.73 Å². The van der Waals surface area contributed by atoms with E-state index in [1.54, 1.807) is 11.8 Å². The molecule has 0 atom stereocenters. The Hall–Kier alpha value is -2.08. The Morgan fingerprint density at radius 3 is 2.78 bits per heavy atom. The highest BCUT2D eigenvalue weighted by molar-refractivity contribution is 7.99. The van der Waals surface area contributed by atoms with E-state index in [-0.39, 0.29) is 5.91 Å². The maximum Gasteiger partial charge on any atom is 0.219 e. The lowest BCUT2D eigenvalue weighted by Gasteiger charge is -2.07. The zero-order valence-electron chi connectivity index (χ0n) is 12.9. The molecule has 5 nitrogen and oxygen atoms in total. The van der Waals surface area contributed by atoms with Gasteiger partial charge in [0.1, 0.15) is 5.82 Å². The number of hydrogen-bond donors (Lipinski definition) is 1. The van der Waals surface area contributed by atoms with Crippen LogP contribution in [0.25, 0.3) is 6.08 Å². The topological polar surface area (TPSA) is 73.8 Å². The van der Waals surface area contributed by atoms with Gasteiger partial charge in [-0.1, -0.05) is 54.2 Å². The zero-order valence-corrected chi connectivity index (χ0v) is 13.7. The number of carbonyl (C=O) groups excluding carboxylic acids is 1. The van der Waals surface area contributed by atoms with Crippen molar-refractivity contribution in [2.75, 3.05) is 5.75 Å². The number of primary amides is 1. The number of aromatic nitrogens is 3. The van der Waals surface area contributed by atoms with Crippen LogP contribution in [0.4, 0.5) is 0 Å². The first-order valence-electron chi connectivity index (χ1n) is 7.80. The first-order chi connectivity index (χ1) is 11.2. The summed E-state index contributed by atoms with van der Waals surface area (Å²) in [6.45, 7) is 0.568. The summed E-state index contributed by atoms with van der Waals surface area (Å²) in [6.07, 6.45) is 6.86. The molecule has 1 saturated carbocycles. The third-order valence-electron chi connectivity index (χ3n) is 3.69. The molecule has 0 spiro atoms. The minimum Gasteiger partial charge on any atom is -0.370 e. The van der Waals surface area contributed by atoms with Gasteiger partial charge in [-0.15, -0.1) is 10.2 Å². The molecule has 3 rings (SSSR count). The average Bonchev–Trinajstić information content (AvgIpc) is 3.32. The van der Waals surface area contributed by atoms with Gasteiger partial charge >= 0.3 is 0 Å². The zero-order chi connectivity index (χ0) is 16.1. The Kier molecular flexibility index (Phi) is 5.12. The van der Waals surface area contributed by atoms with Gasteiger partial charge in [0.15, 0.2) is 5.16 Å². The number of thioether (sulfide) groups is 1. The van der Waals surface area contributed by atoms with Gasteiger partial charge in [0.05, 0.1) is 0 Å². The quantitative estimate of drug-likeness (QED) is 0.756. The molecule has 1 amide bonds. The van der Waals surface area contributed by atoms with Crippen LogP contribution in [-0.2, 0) is 11.3 Å². The molecule has 0 saturated heterocycles. The van der Waals surface area contributed by atoms with Gasteiger partial charge in [-0.25, -0.2) is 0 Å². The van der Waals surface area contributed by atoms with Gasteiger partial charge in [0.25, 0.3) is 0 Å². The first kappa shape index (κ1) is 15.8. The lowest BCUT2D eigenvalue weighted by atomic mass is 10.2. The average molecular weight is 328 g/mol. The largest absolute Gasteiger partial charge is 0.370 e. The minimum absolute atomic E-state index is 0.291. The van der Waals surface area contributed by atoms with Crippen molar-refractivity contribution in [2.45, 2.75) is 36.9 Å². The van der Waals surface area contributed by atoms with Crippen molar-refractivity contribution in [3.63, 3.8) is 0 Å². The minimum atomic E-state index is -0.291. The first-order valence-corrected chi connectivity index (χ1v) is 8.78. The predicted octanol–water partition coefficient (Wildman–Crippen LogP) is 2.84. The van der Waals surface area contributed by atoms with E-state index in [0.717, 1.165) is 29.6 Å². The number of rotatable bonds is 8. The summed E-state index contributed by atoms with van der Waals surface area (Å²) in [7, 11) is 0. The Balaban J connectivity index is 1.62. The number of nitrogens with two attached hydrogens (primary N) is 1. The SMILES string of the molecule is NC(=O)CCn1c(SC/C=C/c2ccccc2)nnc1C1CC1. The van der Waals surface area contributed by atoms with Crippen LogP contribution in [0, 0.1) is 0 Å². The molecule has 1 fully saturated rings. The fourth-order valence-electron chi connectivity index (χ4n) is 2.35.